The summed E-state index contributed by atoms with van der Waals surface area (Å²) in [6, 6.07) is 8.78. The van der Waals surface area contributed by atoms with Gasteiger partial charge in [0.2, 0.25) is 0 Å². The van der Waals surface area contributed by atoms with E-state index < -0.39 is 0 Å². The van der Waals surface area contributed by atoms with E-state index in [1.165, 1.54) is 11.1 Å². The lowest BCUT2D eigenvalue weighted by atomic mass is 10.1. The number of fused-ring (bicyclic) bond motifs is 1. The normalized spacial score (nSPS) is 20.9. The van der Waals surface area contributed by atoms with Crippen LogP contribution in [0.2, 0.25) is 0 Å². The van der Waals surface area contributed by atoms with E-state index in [9.17, 15) is 0 Å². The molecule has 4 rings (SSSR count). The van der Waals surface area contributed by atoms with Crippen LogP contribution in [-0.2, 0) is 24.9 Å². The van der Waals surface area contributed by atoms with Crippen molar-refractivity contribution in [2.45, 2.75) is 39.1 Å². The summed E-state index contributed by atoms with van der Waals surface area (Å²) in [7, 11) is 1.88. The first-order chi connectivity index (χ1) is 13.1. The predicted molar refractivity (Wildman–Crippen MR) is 105 cm³/mol. The van der Waals surface area contributed by atoms with Crippen LogP contribution >= 0.6 is 0 Å². The van der Waals surface area contributed by atoms with Crippen molar-refractivity contribution in [1.82, 2.24) is 24.6 Å². The molecular formula is C20H26N6O. The standard InChI is InChI=1S/C20H26N6O/c1-14-10-26(11-15(2)27-14)12-17-6-4-16(5-7-17)8-21-19-18-9-24-25(3)20(18)23-13-22-19/h4-7,9,13-15H,8,10-12H2,1-3H3,(H,21,22,23)/t14-,15+. The number of benzene rings is 1. The van der Waals surface area contributed by atoms with Gasteiger partial charge in [-0.25, -0.2) is 9.97 Å². The van der Waals surface area contributed by atoms with E-state index in [4.69, 9.17) is 4.74 Å². The Bertz CT molecular complexity index is 896. The maximum atomic E-state index is 5.81. The Morgan fingerprint density at radius 2 is 1.78 bits per heavy atom. The Hall–Kier alpha value is -2.51. The first-order valence-corrected chi connectivity index (χ1v) is 9.40. The Morgan fingerprint density at radius 3 is 2.52 bits per heavy atom. The van der Waals surface area contributed by atoms with Gasteiger partial charge in [0.1, 0.15) is 12.1 Å². The maximum Gasteiger partial charge on any atom is 0.163 e. The van der Waals surface area contributed by atoms with E-state index in [0.717, 1.165) is 36.5 Å². The summed E-state index contributed by atoms with van der Waals surface area (Å²) >= 11 is 0. The maximum absolute atomic E-state index is 5.81. The summed E-state index contributed by atoms with van der Waals surface area (Å²) in [6.45, 7) is 7.94. The molecule has 3 heterocycles. The molecule has 2 aromatic heterocycles. The van der Waals surface area contributed by atoms with Crippen LogP contribution in [0, 0.1) is 0 Å². The van der Waals surface area contributed by atoms with Gasteiger partial charge in [0.05, 0.1) is 23.8 Å². The van der Waals surface area contributed by atoms with Gasteiger partial charge in [-0.15, -0.1) is 0 Å². The van der Waals surface area contributed by atoms with Gasteiger partial charge in [0.25, 0.3) is 0 Å². The van der Waals surface area contributed by atoms with Gasteiger partial charge >= 0.3 is 0 Å². The fourth-order valence-corrected chi connectivity index (χ4v) is 3.72. The topological polar surface area (TPSA) is 68.1 Å². The first-order valence-electron chi connectivity index (χ1n) is 9.40. The molecule has 7 heteroatoms. The number of rotatable bonds is 5. The molecule has 1 aliphatic heterocycles. The second kappa shape index (κ2) is 7.62. The van der Waals surface area contributed by atoms with Crippen LogP contribution in [0.4, 0.5) is 5.82 Å². The molecule has 0 saturated carbocycles. The number of hydrogen-bond acceptors (Lipinski definition) is 6. The molecule has 0 aliphatic carbocycles. The monoisotopic (exact) mass is 366 g/mol. The molecular weight excluding hydrogens is 340 g/mol. The van der Waals surface area contributed by atoms with Crippen molar-refractivity contribution in [3.63, 3.8) is 0 Å². The Kier molecular flexibility index (Phi) is 5.05. The van der Waals surface area contributed by atoms with Crippen LogP contribution in [0.25, 0.3) is 11.0 Å². The van der Waals surface area contributed by atoms with Gasteiger partial charge in [-0.2, -0.15) is 5.10 Å². The summed E-state index contributed by atoms with van der Waals surface area (Å²) in [5.74, 6) is 0.813. The molecule has 2 atom stereocenters. The van der Waals surface area contributed by atoms with Gasteiger partial charge in [-0.3, -0.25) is 9.58 Å². The highest BCUT2D eigenvalue weighted by molar-refractivity contribution is 5.85. The minimum absolute atomic E-state index is 0.300. The average Bonchev–Trinajstić information content (AvgIpc) is 3.02. The smallest absolute Gasteiger partial charge is 0.163 e. The molecule has 27 heavy (non-hydrogen) atoms. The fourth-order valence-electron chi connectivity index (χ4n) is 3.72. The molecule has 1 aliphatic rings. The van der Waals surface area contributed by atoms with Gasteiger partial charge in [0.15, 0.2) is 5.65 Å². The third-order valence-electron chi connectivity index (χ3n) is 4.91. The van der Waals surface area contributed by atoms with Crippen LogP contribution in [0.5, 0.6) is 0 Å². The number of aryl methyl sites for hydroxylation is 1. The second-order valence-electron chi connectivity index (χ2n) is 7.35. The van der Waals surface area contributed by atoms with Crippen molar-refractivity contribution in [3.05, 3.63) is 47.9 Å². The molecule has 1 saturated heterocycles. The van der Waals surface area contributed by atoms with Crippen molar-refractivity contribution in [2.75, 3.05) is 18.4 Å². The highest BCUT2D eigenvalue weighted by Gasteiger charge is 2.21. The van der Waals surface area contributed by atoms with Crippen molar-refractivity contribution < 1.29 is 4.74 Å². The lowest BCUT2D eigenvalue weighted by Crippen LogP contribution is -2.44. The van der Waals surface area contributed by atoms with Crippen LogP contribution < -0.4 is 5.32 Å². The number of nitrogens with one attached hydrogen (secondary N) is 1. The zero-order valence-electron chi connectivity index (χ0n) is 16.1. The van der Waals surface area contributed by atoms with Crippen molar-refractivity contribution in [3.8, 4) is 0 Å². The number of morpholine rings is 1. The molecule has 0 radical (unpaired) electrons. The molecule has 0 unspecified atom stereocenters. The van der Waals surface area contributed by atoms with E-state index in [0.29, 0.717) is 18.8 Å². The largest absolute Gasteiger partial charge is 0.373 e. The Balaban J connectivity index is 1.38. The van der Waals surface area contributed by atoms with Crippen LogP contribution in [0.1, 0.15) is 25.0 Å². The third-order valence-corrected chi connectivity index (χ3v) is 4.91. The zero-order valence-corrected chi connectivity index (χ0v) is 16.1. The van der Waals surface area contributed by atoms with Crippen molar-refractivity contribution in [1.29, 1.82) is 0 Å². The lowest BCUT2D eigenvalue weighted by Gasteiger charge is -2.35. The summed E-state index contributed by atoms with van der Waals surface area (Å²) in [5.41, 5.74) is 3.38. The lowest BCUT2D eigenvalue weighted by molar-refractivity contribution is -0.0704. The number of hydrogen-bond donors (Lipinski definition) is 1. The van der Waals surface area contributed by atoms with Crippen LogP contribution in [0.3, 0.4) is 0 Å². The molecule has 1 fully saturated rings. The van der Waals surface area contributed by atoms with Gasteiger partial charge < -0.3 is 10.1 Å². The van der Waals surface area contributed by atoms with Crippen molar-refractivity contribution in [2.24, 2.45) is 7.05 Å². The quantitative estimate of drug-likeness (QED) is 0.749. The second-order valence-corrected chi connectivity index (χ2v) is 7.35. The van der Waals surface area contributed by atoms with Crippen LogP contribution in [-0.4, -0.2) is 49.9 Å². The molecule has 0 bridgehead atoms. The molecule has 3 aromatic rings. The summed E-state index contributed by atoms with van der Waals surface area (Å²) < 4.78 is 7.57. The van der Waals surface area contributed by atoms with Crippen LogP contribution in [0.15, 0.2) is 36.8 Å². The molecule has 0 spiro atoms. The van der Waals surface area contributed by atoms with E-state index in [1.54, 1.807) is 17.2 Å². The molecule has 1 N–H and O–H groups in total. The minimum Gasteiger partial charge on any atom is -0.373 e. The predicted octanol–water partition coefficient (Wildman–Crippen LogP) is 2.58. The van der Waals surface area contributed by atoms with Gasteiger partial charge in [-0.1, -0.05) is 24.3 Å². The van der Waals surface area contributed by atoms with Gasteiger partial charge in [0, 0.05) is 33.2 Å². The highest BCUT2D eigenvalue weighted by Crippen LogP contribution is 2.19. The number of anilines is 1. The number of nitrogens with zero attached hydrogens (tertiary/aromatic N) is 5. The molecule has 142 valence electrons. The van der Waals surface area contributed by atoms with Crippen molar-refractivity contribution >= 4 is 16.9 Å². The number of ether oxygens (including phenoxy) is 1. The number of aromatic nitrogens is 4. The minimum atomic E-state index is 0.300. The summed E-state index contributed by atoms with van der Waals surface area (Å²) in [6.07, 6.45) is 3.97. The first kappa shape index (κ1) is 17.9. The third kappa shape index (κ3) is 4.09. The SMILES string of the molecule is C[C@@H]1CN(Cc2ccc(CNc3ncnc4c3cnn4C)cc2)C[C@H](C)O1. The zero-order chi connectivity index (χ0) is 18.8. The molecule has 1 aromatic carbocycles. The molecule has 0 amide bonds. The molecule has 7 nitrogen and oxygen atoms in total. The summed E-state index contributed by atoms with van der Waals surface area (Å²) in [5, 5.41) is 8.59. The van der Waals surface area contributed by atoms with E-state index in [1.807, 2.05) is 7.05 Å². The van der Waals surface area contributed by atoms with Gasteiger partial charge in [-0.05, 0) is 25.0 Å². The van der Waals surface area contributed by atoms with E-state index >= 15 is 0 Å². The average molecular weight is 366 g/mol. The fraction of sp³-hybridized carbons (Fsp3) is 0.450. The van der Waals surface area contributed by atoms with E-state index in [-0.39, 0.29) is 0 Å². The highest BCUT2D eigenvalue weighted by atomic mass is 16.5. The van der Waals surface area contributed by atoms with E-state index in [2.05, 4.69) is 63.4 Å². The Labute approximate surface area is 159 Å². The Morgan fingerprint density at radius 1 is 1.07 bits per heavy atom. The summed E-state index contributed by atoms with van der Waals surface area (Å²) in [4.78, 5) is 11.1.